The summed E-state index contributed by atoms with van der Waals surface area (Å²) in [5, 5.41) is 3.32. The van der Waals surface area contributed by atoms with E-state index in [9.17, 15) is 0 Å². The molecule has 2 aliphatic rings. The Morgan fingerprint density at radius 1 is 1.03 bits per heavy atom. The van der Waals surface area contributed by atoms with Crippen molar-refractivity contribution in [3.63, 3.8) is 0 Å². The van der Waals surface area contributed by atoms with Gasteiger partial charge in [0.25, 0.3) is 0 Å². The van der Waals surface area contributed by atoms with E-state index in [0.717, 1.165) is 49.4 Å². The molecule has 2 aliphatic heterocycles. The number of nitrogens with one attached hydrogen (secondary N) is 1. The fourth-order valence-electron chi connectivity index (χ4n) is 4.60. The number of rotatable bonds is 6. The smallest absolute Gasteiger partial charge is 0.232 e. The number of para-hydroxylation sites is 1. The van der Waals surface area contributed by atoms with Crippen molar-refractivity contribution >= 4 is 17.6 Å². The number of likely N-dealkylation sites (tertiary alicyclic amines) is 1. The second-order valence-corrected chi connectivity index (χ2v) is 8.45. The van der Waals surface area contributed by atoms with E-state index >= 15 is 0 Å². The SMILES string of the molecule is CCc1ccccc1Nc1nc(N)nc(CN2CCC[C@@H]2c2ccc3c(c2)OCCCO3)n1. The lowest BCUT2D eigenvalue weighted by molar-refractivity contribution is 0.241. The van der Waals surface area contributed by atoms with Crippen LogP contribution in [0.4, 0.5) is 17.6 Å². The lowest BCUT2D eigenvalue weighted by atomic mass is 10.0. The number of hydrogen-bond donors (Lipinski definition) is 2. The monoisotopic (exact) mass is 446 g/mol. The van der Waals surface area contributed by atoms with Crippen molar-refractivity contribution in [1.82, 2.24) is 19.9 Å². The first-order valence-electron chi connectivity index (χ1n) is 11.7. The minimum atomic E-state index is 0.225. The van der Waals surface area contributed by atoms with Crippen LogP contribution in [0.1, 0.15) is 49.2 Å². The fraction of sp³-hybridized carbons (Fsp3) is 0.400. The zero-order valence-corrected chi connectivity index (χ0v) is 19.0. The van der Waals surface area contributed by atoms with Crippen molar-refractivity contribution in [3.05, 3.63) is 59.4 Å². The number of nitrogens with two attached hydrogens (primary N) is 1. The molecular formula is C25H30N6O2. The Bertz CT molecular complexity index is 1120. The Kier molecular flexibility index (Phi) is 6.26. The van der Waals surface area contributed by atoms with E-state index in [4.69, 9.17) is 15.2 Å². The van der Waals surface area contributed by atoms with Crippen molar-refractivity contribution in [3.8, 4) is 11.5 Å². The number of aromatic nitrogens is 3. The molecule has 1 saturated heterocycles. The summed E-state index contributed by atoms with van der Waals surface area (Å²) in [5.74, 6) is 3.03. The second kappa shape index (κ2) is 9.62. The summed E-state index contributed by atoms with van der Waals surface area (Å²) < 4.78 is 11.7. The van der Waals surface area contributed by atoms with Crippen LogP contribution >= 0.6 is 0 Å². The number of anilines is 3. The maximum atomic E-state index is 6.04. The molecule has 1 fully saturated rings. The molecule has 33 heavy (non-hydrogen) atoms. The van der Waals surface area contributed by atoms with Crippen LogP contribution in [0.5, 0.6) is 11.5 Å². The molecule has 3 heterocycles. The van der Waals surface area contributed by atoms with Crippen molar-refractivity contribution in [2.75, 3.05) is 30.8 Å². The Hall–Kier alpha value is -3.39. The molecule has 3 aromatic rings. The van der Waals surface area contributed by atoms with Gasteiger partial charge < -0.3 is 20.5 Å². The lowest BCUT2D eigenvalue weighted by Gasteiger charge is -2.25. The number of aryl methyl sites for hydroxylation is 1. The fourth-order valence-corrected chi connectivity index (χ4v) is 4.60. The Morgan fingerprint density at radius 3 is 2.76 bits per heavy atom. The minimum Gasteiger partial charge on any atom is -0.490 e. The molecule has 1 atom stereocenters. The molecule has 0 saturated carbocycles. The van der Waals surface area contributed by atoms with Crippen LogP contribution < -0.4 is 20.5 Å². The van der Waals surface area contributed by atoms with Gasteiger partial charge in [0.1, 0.15) is 5.82 Å². The number of nitrogens with zero attached hydrogens (tertiary/aromatic N) is 4. The standard InChI is InChI=1S/C25H30N6O2/c1-2-17-7-3-4-8-19(17)27-25-29-23(28-24(26)30-25)16-31-12-5-9-20(31)18-10-11-21-22(15-18)33-14-6-13-32-21/h3-4,7-8,10-11,15,20H,2,5-6,9,12-14,16H2,1H3,(H3,26,27,28,29,30)/t20-/m1/s1. The number of hydrogen-bond acceptors (Lipinski definition) is 8. The molecular weight excluding hydrogens is 416 g/mol. The van der Waals surface area contributed by atoms with Crippen LogP contribution in [0.15, 0.2) is 42.5 Å². The maximum Gasteiger partial charge on any atom is 0.232 e. The molecule has 8 nitrogen and oxygen atoms in total. The molecule has 3 N–H and O–H groups in total. The van der Waals surface area contributed by atoms with Gasteiger partial charge in [-0.2, -0.15) is 15.0 Å². The first-order valence-corrected chi connectivity index (χ1v) is 11.7. The Labute approximate surface area is 194 Å². The van der Waals surface area contributed by atoms with E-state index in [1.165, 1.54) is 11.1 Å². The van der Waals surface area contributed by atoms with E-state index in [2.05, 4.69) is 50.3 Å². The van der Waals surface area contributed by atoms with Crippen LogP contribution in [-0.2, 0) is 13.0 Å². The van der Waals surface area contributed by atoms with Crippen molar-refractivity contribution < 1.29 is 9.47 Å². The average Bonchev–Trinajstić information content (AvgIpc) is 3.14. The van der Waals surface area contributed by atoms with Gasteiger partial charge >= 0.3 is 0 Å². The average molecular weight is 447 g/mol. The molecule has 0 unspecified atom stereocenters. The summed E-state index contributed by atoms with van der Waals surface area (Å²) in [6, 6.07) is 14.7. The van der Waals surface area contributed by atoms with Crippen molar-refractivity contribution in [1.29, 1.82) is 0 Å². The summed E-state index contributed by atoms with van der Waals surface area (Å²) in [4.78, 5) is 15.8. The number of fused-ring (bicyclic) bond motifs is 1. The maximum absolute atomic E-state index is 6.04. The predicted molar refractivity (Wildman–Crippen MR) is 128 cm³/mol. The lowest BCUT2D eigenvalue weighted by Crippen LogP contribution is -2.24. The van der Waals surface area contributed by atoms with Gasteiger partial charge in [-0.05, 0) is 55.1 Å². The highest BCUT2D eigenvalue weighted by molar-refractivity contribution is 5.58. The van der Waals surface area contributed by atoms with Gasteiger partial charge in [0.05, 0.1) is 19.8 Å². The van der Waals surface area contributed by atoms with E-state index in [0.29, 0.717) is 31.5 Å². The zero-order valence-electron chi connectivity index (χ0n) is 19.0. The first-order chi connectivity index (χ1) is 16.2. The second-order valence-electron chi connectivity index (χ2n) is 8.45. The van der Waals surface area contributed by atoms with Gasteiger partial charge in [-0.3, -0.25) is 4.90 Å². The van der Waals surface area contributed by atoms with Crippen molar-refractivity contribution in [2.24, 2.45) is 0 Å². The molecule has 0 aliphatic carbocycles. The van der Waals surface area contributed by atoms with Gasteiger partial charge in [-0.25, -0.2) is 0 Å². The van der Waals surface area contributed by atoms with Crippen LogP contribution in [0.3, 0.4) is 0 Å². The van der Waals surface area contributed by atoms with Crippen molar-refractivity contribution in [2.45, 2.75) is 45.2 Å². The Morgan fingerprint density at radius 2 is 1.88 bits per heavy atom. The molecule has 2 aromatic carbocycles. The van der Waals surface area contributed by atoms with E-state index in [-0.39, 0.29) is 12.0 Å². The quantitative estimate of drug-likeness (QED) is 0.580. The molecule has 0 bridgehead atoms. The van der Waals surface area contributed by atoms with Gasteiger partial charge in [0.15, 0.2) is 11.5 Å². The summed E-state index contributed by atoms with van der Waals surface area (Å²) >= 11 is 0. The van der Waals surface area contributed by atoms with E-state index < -0.39 is 0 Å². The van der Waals surface area contributed by atoms with E-state index in [1.54, 1.807) is 0 Å². The molecule has 1 aromatic heterocycles. The normalized spacial score (nSPS) is 18.2. The van der Waals surface area contributed by atoms with Gasteiger partial charge in [-0.15, -0.1) is 0 Å². The third kappa shape index (κ3) is 4.85. The summed E-state index contributed by atoms with van der Waals surface area (Å²) in [6.45, 7) is 5.09. The number of ether oxygens (including phenoxy) is 2. The molecule has 0 amide bonds. The zero-order chi connectivity index (χ0) is 22.6. The summed E-state index contributed by atoms with van der Waals surface area (Å²) in [6.07, 6.45) is 4.02. The predicted octanol–water partition coefficient (Wildman–Crippen LogP) is 4.26. The highest BCUT2D eigenvalue weighted by Gasteiger charge is 2.28. The minimum absolute atomic E-state index is 0.225. The largest absolute Gasteiger partial charge is 0.490 e. The summed E-state index contributed by atoms with van der Waals surface area (Å²) in [7, 11) is 0. The van der Waals surface area contributed by atoms with Crippen LogP contribution in [0.25, 0.3) is 0 Å². The number of nitrogen functional groups attached to an aromatic ring is 1. The third-order valence-corrected chi connectivity index (χ3v) is 6.21. The molecule has 0 radical (unpaired) electrons. The van der Waals surface area contributed by atoms with Gasteiger partial charge in [0, 0.05) is 18.2 Å². The molecule has 0 spiro atoms. The molecule has 8 heteroatoms. The highest BCUT2D eigenvalue weighted by atomic mass is 16.5. The Balaban J connectivity index is 1.35. The van der Waals surface area contributed by atoms with Crippen LogP contribution in [0, 0.1) is 0 Å². The van der Waals surface area contributed by atoms with Crippen LogP contribution in [-0.4, -0.2) is 39.6 Å². The van der Waals surface area contributed by atoms with Gasteiger partial charge in [-0.1, -0.05) is 31.2 Å². The van der Waals surface area contributed by atoms with Crippen LogP contribution in [0.2, 0.25) is 0 Å². The number of benzene rings is 2. The topological polar surface area (TPSA) is 98.4 Å². The molecule has 5 rings (SSSR count). The summed E-state index contributed by atoms with van der Waals surface area (Å²) in [5.41, 5.74) is 9.46. The molecule has 172 valence electrons. The highest BCUT2D eigenvalue weighted by Crippen LogP contribution is 2.38. The first kappa shape index (κ1) is 21.5. The van der Waals surface area contributed by atoms with Gasteiger partial charge in [0.2, 0.25) is 11.9 Å². The third-order valence-electron chi connectivity index (χ3n) is 6.21. The van der Waals surface area contributed by atoms with E-state index in [1.807, 2.05) is 24.3 Å².